The van der Waals surface area contributed by atoms with Gasteiger partial charge in [0.25, 0.3) is 5.91 Å². The number of carbonyl (C=O) groups excluding carboxylic acids is 1. The van der Waals surface area contributed by atoms with Gasteiger partial charge in [0.15, 0.2) is 5.76 Å². The van der Waals surface area contributed by atoms with Gasteiger partial charge in [-0.2, -0.15) is 0 Å². The highest BCUT2D eigenvalue weighted by atomic mass is 32.2. The van der Waals surface area contributed by atoms with Gasteiger partial charge in [0.1, 0.15) is 9.84 Å². The van der Waals surface area contributed by atoms with E-state index in [0.717, 1.165) is 27.8 Å². The molecular formula is C17H10N2O2S2. The molecule has 0 bridgehead atoms. The molecule has 1 amide bonds. The van der Waals surface area contributed by atoms with Crippen LogP contribution in [-0.4, -0.2) is 15.4 Å². The smallest absolute Gasteiger partial charge is 0.263 e. The number of thiocarbonyl (C=S) groups is 1. The highest BCUT2D eigenvalue weighted by Crippen LogP contribution is 2.31. The standard InChI is InChI=1S/C17H10N2O2S2/c20-16-14(23-17(22)18-16)9-10-6-7-13-12(8-10)15(21-19-13)11-4-2-1-3-5-11/h1-9H,(H,18,20,22)/b14-9-. The maximum Gasteiger partial charge on any atom is 0.263 e. The first-order valence-corrected chi connectivity index (χ1v) is 8.13. The molecule has 1 aromatic heterocycles. The van der Waals surface area contributed by atoms with E-state index in [9.17, 15) is 4.79 Å². The summed E-state index contributed by atoms with van der Waals surface area (Å²) in [5, 5.41) is 7.62. The zero-order chi connectivity index (χ0) is 15.8. The lowest BCUT2D eigenvalue weighted by atomic mass is 10.1. The minimum absolute atomic E-state index is 0.159. The molecule has 4 rings (SSSR count). The molecule has 0 spiro atoms. The third-order valence-corrected chi connectivity index (χ3v) is 4.64. The third-order valence-electron chi connectivity index (χ3n) is 3.48. The molecular weight excluding hydrogens is 328 g/mol. The number of hydrogen-bond donors (Lipinski definition) is 1. The van der Waals surface area contributed by atoms with Gasteiger partial charge in [-0.15, -0.1) is 0 Å². The fourth-order valence-electron chi connectivity index (χ4n) is 2.42. The van der Waals surface area contributed by atoms with Crippen molar-refractivity contribution < 1.29 is 9.32 Å². The number of carbonyl (C=O) groups is 1. The fourth-order valence-corrected chi connectivity index (χ4v) is 3.46. The van der Waals surface area contributed by atoms with E-state index in [1.807, 2.05) is 54.6 Å². The number of nitrogens with one attached hydrogen (secondary N) is 1. The molecule has 0 atom stereocenters. The van der Waals surface area contributed by atoms with Crippen molar-refractivity contribution in [3.05, 3.63) is 59.0 Å². The van der Waals surface area contributed by atoms with Crippen LogP contribution in [0.25, 0.3) is 28.3 Å². The Kier molecular flexibility index (Phi) is 3.48. The van der Waals surface area contributed by atoms with E-state index < -0.39 is 0 Å². The van der Waals surface area contributed by atoms with Gasteiger partial charge in [-0.25, -0.2) is 0 Å². The van der Waals surface area contributed by atoms with Gasteiger partial charge in [-0.05, 0) is 23.8 Å². The van der Waals surface area contributed by atoms with Crippen molar-refractivity contribution in [2.75, 3.05) is 0 Å². The molecule has 0 saturated carbocycles. The first-order chi connectivity index (χ1) is 11.2. The topological polar surface area (TPSA) is 55.1 Å². The molecule has 3 aromatic rings. The predicted octanol–water partition coefficient (Wildman–Crippen LogP) is 3.98. The van der Waals surface area contributed by atoms with Crippen molar-refractivity contribution in [3.8, 4) is 11.3 Å². The summed E-state index contributed by atoms with van der Waals surface area (Å²) in [4.78, 5) is 12.4. The lowest BCUT2D eigenvalue weighted by Gasteiger charge is -1.98. The van der Waals surface area contributed by atoms with E-state index in [1.165, 1.54) is 11.8 Å². The second-order valence-corrected chi connectivity index (χ2v) is 6.73. The molecule has 4 nitrogen and oxygen atoms in total. The highest BCUT2D eigenvalue weighted by molar-refractivity contribution is 8.26. The van der Waals surface area contributed by atoms with Crippen molar-refractivity contribution in [1.29, 1.82) is 0 Å². The van der Waals surface area contributed by atoms with Crippen molar-refractivity contribution in [2.45, 2.75) is 0 Å². The lowest BCUT2D eigenvalue weighted by molar-refractivity contribution is -0.115. The number of fused-ring (bicyclic) bond motifs is 1. The zero-order valence-corrected chi connectivity index (χ0v) is 13.4. The molecule has 23 heavy (non-hydrogen) atoms. The first-order valence-electron chi connectivity index (χ1n) is 6.90. The molecule has 0 aliphatic carbocycles. The van der Waals surface area contributed by atoms with Crippen LogP contribution >= 0.6 is 24.0 Å². The largest absolute Gasteiger partial charge is 0.355 e. The Labute approximate surface area is 141 Å². The molecule has 1 aliphatic heterocycles. The van der Waals surface area contributed by atoms with E-state index in [1.54, 1.807) is 0 Å². The Bertz CT molecular complexity index is 961. The minimum atomic E-state index is -0.159. The number of aromatic nitrogens is 1. The van der Waals surface area contributed by atoms with Crippen LogP contribution < -0.4 is 5.32 Å². The van der Waals surface area contributed by atoms with Gasteiger partial charge in [0.2, 0.25) is 0 Å². The molecule has 6 heteroatoms. The molecule has 1 N–H and O–H groups in total. The zero-order valence-electron chi connectivity index (χ0n) is 11.8. The highest BCUT2D eigenvalue weighted by Gasteiger charge is 2.22. The van der Waals surface area contributed by atoms with Crippen molar-refractivity contribution >= 4 is 51.2 Å². The normalized spacial score (nSPS) is 16.3. The number of benzene rings is 2. The van der Waals surface area contributed by atoms with E-state index in [0.29, 0.717) is 9.23 Å². The van der Waals surface area contributed by atoms with Crippen LogP contribution in [-0.2, 0) is 4.79 Å². The van der Waals surface area contributed by atoms with E-state index >= 15 is 0 Å². The summed E-state index contributed by atoms with van der Waals surface area (Å²) in [6.07, 6.45) is 1.82. The summed E-state index contributed by atoms with van der Waals surface area (Å²) in [7, 11) is 0. The van der Waals surface area contributed by atoms with Crippen LogP contribution in [0.3, 0.4) is 0 Å². The Balaban J connectivity index is 1.80. The van der Waals surface area contributed by atoms with Crippen LogP contribution in [0.1, 0.15) is 5.56 Å². The minimum Gasteiger partial charge on any atom is -0.355 e. The van der Waals surface area contributed by atoms with Crippen LogP contribution in [0.2, 0.25) is 0 Å². The van der Waals surface area contributed by atoms with Crippen LogP contribution in [0.15, 0.2) is 58.0 Å². The number of rotatable bonds is 2. The van der Waals surface area contributed by atoms with E-state index in [-0.39, 0.29) is 5.91 Å². The average molecular weight is 338 g/mol. The quantitative estimate of drug-likeness (QED) is 0.566. The Morgan fingerprint density at radius 1 is 1.17 bits per heavy atom. The second kappa shape index (κ2) is 5.64. The summed E-state index contributed by atoms with van der Waals surface area (Å²) in [6.45, 7) is 0. The molecule has 0 unspecified atom stereocenters. The molecule has 2 aromatic carbocycles. The van der Waals surface area contributed by atoms with Crippen molar-refractivity contribution in [2.24, 2.45) is 0 Å². The van der Waals surface area contributed by atoms with Gasteiger partial charge in [-0.3, -0.25) is 4.79 Å². The Hall–Kier alpha value is -2.44. The molecule has 1 saturated heterocycles. The first kappa shape index (κ1) is 14.2. The molecule has 1 fully saturated rings. The Morgan fingerprint density at radius 3 is 2.74 bits per heavy atom. The third kappa shape index (κ3) is 2.67. The Morgan fingerprint density at radius 2 is 2.00 bits per heavy atom. The average Bonchev–Trinajstić information content (AvgIpc) is 3.11. The van der Waals surface area contributed by atoms with Crippen LogP contribution in [0.4, 0.5) is 0 Å². The molecule has 2 heterocycles. The predicted molar refractivity (Wildman–Crippen MR) is 95.8 cm³/mol. The summed E-state index contributed by atoms with van der Waals surface area (Å²) < 4.78 is 5.97. The van der Waals surface area contributed by atoms with Gasteiger partial charge in [0.05, 0.1) is 10.3 Å². The maximum atomic E-state index is 11.8. The van der Waals surface area contributed by atoms with Crippen molar-refractivity contribution in [1.82, 2.24) is 10.5 Å². The van der Waals surface area contributed by atoms with Crippen LogP contribution in [0, 0.1) is 0 Å². The summed E-state index contributed by atoms with van der Waals surface area (Å²) in [6, 6.07) is 15.6. The van der Waals surface area contributed by atoms with E-state index in [2.05, 4.69) is 10.5 Å². The van der Waals surface area contributed by atoms with E-state index in [4.69, 9.17) is 16.7 Å². The van der Waals surface area contributed by atoms with Gasteiger partial charge >= 0.3 is 0 Å². The SMILES string of the molecule is O=C1NC(=S)S/C1=C\c1ccc2noc(-c3ccccc3)c2c1. The summed E-state index contributed by atoms with van der Waals surface area (Å²) in [5.41, 5.74) is 2.65. The monoisotopic (exact) mass is 338 g/mol. The molecule has 1 aliphatic rings. The number of hydrogen-bond acceptors (Lipinski definition) is 5. The maximum absolute atomic E-state index is 11.8. The molecule has 0 radical (unpaired) electrons. The lowest BCUT2D eigenvalue weighted by Crippen LogP contribution is -2.17. The summed E-state index contributed by atoms with van der Waals surface area (Å²) >= 11 is 6.27. The van der Waals surface area contributed by atoms with Gasteiger partial charge < -0.3 is 9.84 Å². The van der Waals surface area contributed by atoms with Gasteiger partial charge in [-0.1, -0.05) is 65.5 Å². The van der Waals surface area contributed by atoms with Gasteiger partial charge in [0, 0.05) is 5.56 Å². The second-order valence-electron chi connectivity index (χ2n) is 5.01. The van der Waals surface area contributed by atoms with Crippen molar-refractivity contribution in [3.63, 3.8) is 0 Å². The number of amides is 1. The number of thioether (sulfide) groups is 1. The number of nitrogens with zero attached hydrogens (tertiary/aromatic N) is 1. The fraction of sp³-hybridized carbons (Fsp3) is 0. The van der Waals surface area contributed by atoms with Crippen LogP contribution in [0.5, 0.6) is 0 Å². The molecule has 112 valence electrons. The summed E-state index contributed by atoms with van der Waals surface area (Å²) in [5.74, 6) is 0.564.